The molecule has 2 aromatic rings. The number of rotatable bonds is 11. The highest BCUT2D eigenvalue weighted by molar-refractivity contribution is 6.00. The van der Waals surface area contributed by atoms with E-state index in [9.17, 15) is 14.4 Å². The molecule has 0 radical (unpaired) electrons. The number of fused-ring (bicyclic) bond motifs is 3. The van der Waals surface area contributed by atoms with Crippen molar-refractivity contribution >= 4 is 28.5 Å². The first-order valence-electron chi connectivity index (χ1n) is 14.7. The van der Waals surface area contributed by atoms with Crippen LogP contribution in [0.4, 0.5) is 5.69 Å². The summed E-state index contributed by atoms with van der Waals surface area (Å²) in [5, 5.41) is 9.79. The number of carbonyl (C=O) groups excluding carboxylic acids is 2. The topological polar surface area (TPSA) is 97.2 Å². The Kier molecular flexibility index (Phi) is 7.46. The number of nitrogens with one attached hydrogen (secondary N) is 3. The van der Waals surface area contributed by atoms with Crippen LogP contribution in [0.1, 0.15) is 91.0 Å². The summed E-state index contributed by atoms with van der Waals surface area (Å²) in [6.07, 6.45) is 10.7. The van der Waals surface area contributed by atoms with Gasteiger partial charge in [-0.05, 0) is 74.0 Å². The predicted octanol–water partition coefficient (Wildman–Crippen LogP) is 4.48. The summed E-state index contributed by atoms with van der Waals surface area (Å²) in [7, 11) is 1.74. The Morgan fingerprint density at radius 2 is 1.74 bits per heavy atom. The van der Waals surface area contributed by atoms with Crippen LogP contribution in [0.5, 0.6) is 0 Å². The maximum Gasteiger partial charge on any atom is 0.329 e. The molecule has 2 aliphatic carbocycles. The molecular formula is C30H45N5O3. The molecule has 1 aromatic carbocycles. The van der Waals surface area contributed by atoms with Gasteiger partial charge in [-0.1, -0.05) is 46.1 Å². The molecule has 208 valence electrons. The number of benzene rings is 1. The van der Waals surface area contributed by atoms with Crippen LogP contribution < -0.4 is 21.6 Å². The van der Waals surface area contributed by atoms with Crippen molar-refractivity contribution in [3.8, 4) is 0 Å². The molecule has 8 nitrogen and oxygen atoms in total. The Hall–Kier alpha value is -2.61. The lowest BCUT2D eigenvalue weighted by Crippen LogP contribution is -2.44. The number of hydrogen-bond acceptors (Lipinski definition) is 5. The van der Waals surface area contributed by atoms with Gasteiger partial charge in [-0.3, -0.25) is 24.0 Å². The Labute approximate surface area is 225 Å². The molecule has 2 bridgehead atoms. The summed E-state index contributed by atoms with van der Waals surface area (Å²) in [5.41, 5.74) is 3.11. The second-order valence-corrected chi connectivity index (χ2v) is 12.7. The van der Waals surface area contributed by atoms with Gasteiger partial charge in [0.2, 0.25) is 11.8 Å². The van der Waals surface area contributed by atoms with Gasteiger partial charge in [0.05, 0.1) is 16.7 Å². The Balaban J connectivity index is 1.07. The van der Waals surface area contributed by atoms with Crippen molar-refractivity contribution in [2.75, 3.05) is 18.4 Å². The van der Waals surface area contributed by atoms with Crippen LogP contribution in [0, 0.1) is 16.7 Å². The average molecular weight is 524 g/mol. The minimum Gasteiger partial charge on any atom is -0.383 e. The number of amides is 2. The van der Waals surface area contributed by atoms with E-state index in [4.69, 9.17) is 0 Å². The Bertz CT molecular complexity index is 1260. The van der Waals surface area contributed by atoms with Gasteiger partial charge >= 0.3 is 5.69 Å². The summed E-state index contributed by atoms with van der Waals surface area (Å²) in [4.78, 5) is 37.1. The lowest BCUT2D eigenvalue weighted by atomic mass is 9.69. The van der Waals surface area contributed by atoms with Gasteiger partial charge in [-0.2, -0.15) is 0 Å². The number of imide groups is 1. The van der Waals surface area contributed by atoms with Gasteiger partial charge in [0.15, 0.2) is 0 Å². The fourth-order valence-corrected chi connectivity index (χ4v) is 7.60. The van der Waals surface area contributed by atoms with Crippen LogP contribution >= 0.6 is 0 Å². The zero-order valence-electron chi connectivity index (χ0n) is 23.6. The summed E-state index contributed by atoms with van der Waals surface area (Å²) in [6.45, 7) is 9.43. The van der Waals surface area contributed by atoms with Crippen molar-refractivity contribution in [2.24, 2.45) is 23.8 Å². The maximum absolute atomic E-state index is 13.1. The van der Waals surface area contributed by atoms with Crippen LogP contribution in [-0.2, 0) is 16.6 Å². The monoisotopic (exact) mass is 523 g/mol. The van der Waals surface area contributed by atoms with Crippen LogP contribution in [0.15, 0.2) is 23.0 Å². The molecule has 2 heterocycles. The van der Waals surface area contributed by atoms with Gasteiger partial charge in [0.25, 0.3) is 0 Å². The molecule has 3 aliphatic rings. The van der Waals surface area contributed by atoms with Crippen molar-refractivity contribution in [1.29, 1.82) is 0 Å². The summed E-state index contributed by atoms with van der Waals surface area (Å²) in [6, 6.07) is 5.80. The van der Waals surface area contributed by atoms with Gasteiger partial charge < -0.3 is 10.6 Å². The standard InChI is InChI=1S/C30H45N5O3/c1-29(2)20-15-16-30(29,3)24(19-20)32-18-9-7-5-6-8-17-31-21-11-10-12-22-26(21)34(4)28(38)35(22)23-13-14-25(36)33-27(23)37/h10-12,20,23-24,31-32H,5-9,13-19H2,1-4H3,(H,33,36,37)/t20-,23?,24+,30+/m1/s1. The molecule has 1 unspecified atom stereocenters. The molecule has 1 aromatic heterocycles. The number of piperidine rings is 1. The maximum atomic E-state index is 13.1. The molecule has 2 amide bonds. The third kappa shape index (κ3) is 4.59. The van der Waals surface area contributed by atoms with Crippen molar-refractivity contribution in [3.05, 3.63) is 28.7 Å². The van der Waals surface area contributed by atoms with E-state index in [1.54, 1.807) is 11.6 Å². The normalized spacial score (nSPS) is 28.3. The molecule has 3 N–H and O–H groups in total. The van der Waals surface area contributed by atoms with E-state index in [1.807, 2.05) is 18.2 Å². The van der Waals surface area contributed by atoms with E-state index >= 15 is 0 Å². The SMILES string of the molecule is Cn1c(=O)n(C2CCC(=O)NC2=O)c2cccc(NCCCCCCCN[C@H]3C[C@H]4CC[C@]3(C)C4(C)C)c21. The first-order valence-corrected chi connectivity index (χ1v) is 14.7. The number of nitrogens with zero attached hydrogens (tertiary/aromatic N) is 2. The zero-order chi connectivity index (χ0) is 27.1. The lowest BCUT2D eigenvalue weighted by Gasteiger charge is -2.39. The first kappa shape index (κ1) is 27.0. The molecule has 1 aliphatic heterocycles. The number of anilines is 1. The van der Waals surface area contributed by atoms with Crippen molar-refractivity contribution < 1.29 is 9.59 Å². The van der Waals surface area contributed by atoms with E-state index in [2.05, 4.69) is 36.7 Å². The number of para-hydroxylation sites is 1. The van der Waals surface area contributed by atoms with Crippen LogP contribution in [0.25, 0.3) is 11.0 Å². The van der Waals surface area contributed by atoms with E-state index in [0.29, 0.717) is 23.3 Å². The van der Waals surface area contributed by atoms with E-state index in [0.717, 1.165) is 42.1 Å². The highest BCUT2D eigenvalue weighted by Gasteiger charge is 2.60. The molecule has 38 heavy (non-hydrogen) atoms. The lowest BCUT2D eigenvalue weighted by molar-refractivity contribution is -0.135. The molecule has 1 saturated heterocycles. The molecule has 2 saturated carbocycles. The number of aromatic nitrogens is 2. The number of aryl methyl sites for hydroxylation is 1. The van der Waals surface area contributed by atoms with Crippen molar-refractivity contribution in [2.45, 2.75) is 97.1 Å². The second kappa shape index (κ2) is 10.5. The third-order valence-electron chi connectivity index (χ3n) is 10.5. The molecule has 8 heteroatoms. The van der Waals surface area contributed by atoms with Gasteiger partial charge in [-0.15, -0.1) is 0 Å². The summed E-state index contributed by atoms with van der Waals surface area (Å²) in [5.74, 6) is 0.205. The second-order valence-electron chi connectivity index (χ2n) is 12.7. The number of imidazole rings is 1. The average Bonchev–Trinajstić information content (AvgIpc) is 3.34. The fraction of sp³-hybridized carbons (Fsp3) is 0.700. The molecule has 4 atom stereocenters. The highest BCUT2D eigenvalue weighted by atomic mass is 16.2. The van der Waals surface area contributed by atoms with Gasteiger partial charge in [-0.25, -0.2) is 4.79 Å². The largest absolute Gasteiger partial charge is 0.383 e. The first-order chi connectivity index (χ1) is 18.1. The molecular weight excluding hydrogens is 478 g/mol. The molecule has 0 spiro atoms. The van der Waals surface area contributed by atoms with Crippen LogP contribution in [0.2, 0.25) is 0 Å². The minimum absolute atomic E-state index is 0.236. The molecule has 3 fully saturated rings. The van der Waals surface area contributed by atoms with E-state index in [-0.39, 0.29) is 18.0 Å². The van der Waals surface area contributed by atoms with E-state index in [1.165, 1.54) is 49.5 Å². The molecule has 5 rings (SSSR count). The van der Waals surface area contributed by atoms with Crippen LogP contribution in [0.3, 0.4) is 0 Å². The van der Waals surface area contributed by atoms with Crippen LogP contribution in [-0.4, -0.2) is 40.1 Å². The number of hydrogen-bond donors (Lipinski definition) is 3. The summed E-state index contributed by atoms with van der Waals surface area (Å²) < 4.78 is 3.14. The van der Waals surface area contributed by atoms with Gasteiger partial charge in [0, 0.05) is 26.1 Å². The number of unbranched alkanes of at least 4 members (excludes halogenated alkanes) is 4. The zero-order valence-corrected chi connectivity index (χ0v) is 23.6. The smallest absolute Gasteiger partial charge is 0.329 e. The third-order valence-corrected chi connectivity index (χ3v) is 10.5. The number of carbonyl (C=O) groups is 2. The highest BCUT2D eigenvalue weighted by Crippen LogP contribution is 2.65. The Morgan fingerprint density at radius 1 is 1.00 bits per heavy atom. The quantitative estimate of drug-likeness (QED) is 0.298. The Morgan fingerprint density at radius 3 is 2.42 bits per heavy atom. The van der Waals surface area contributed by atoms with Gasteiger partial charge in [0.1, 0.15) is 6.04 Å². The van der Waals surface area contributed by atoms with E-state index < -0.39 is 11.9 Å². The fourth-order valence-electron chi connectivity index (χ4n) is 7.60. The van der Waals surface area contributed by atoms with Crippen molar-refractivity contribution in [1.82, 2.24) is 19.8 Å². The summed E-state index contributed by atoms with van der Waals surface area (Å²) >= 11 is 0. The minimum atomic E-state index is -0.660. The van der Waals surface area contributed by atoms with Crippen molar-refractivity contribution in [3.63, 3.8) is 0 Å². The predicted molar refractivity (Wildman–Crippen MR) is 151 cm³/mol.